The Bertz CT molecular complexity index is 1020. The van der Waals surface area contributed by atoms with E-state index in [0.717, 1.165) is 39.7 Å². The lowest BCUT2D eigenvalue weighted by Gasteiger charge is -2.13. The zero-order chi connectivity index (χ0) is 16.3. The summed E-state index contributed by atoms with van der Waals surface area (Å²) in [6, 6.07) is 4.48. The Hall–Kier alpha value is -2.91. The molecule has 1 saturated heterocycles. The van der Waals surface area contributed by atoms with Crippen LogP contribution in [0.1, 0.15) is 12.0 Å². The van der Waals surface area contributed by atoms with Crippen LogP contribution in [0.15, 0.2) is 36.9 Å². The Balaban J connectivity index is 1.60. The second-order valence-electron chi connectivity index (χ2n) is 6.41. The van der Waals surface area contributed by atoms with Gasteiger partial charge in [-0.3, -0.25) is 4.68 Å². The molecule has 6 nitrogen and oxygen atoms in total. The summed E-state index contributed by atoms with van der Waals surface area (Å²) < 4.78 is 7.68. The van der Waals surface area contributed by atoms with Gasteiger partial charge in [-0.2, -0.15) is 10.4 Å². The van der Waals surface area contributed by atoms with Gasteiger partial charge in [0.15, 0.2) is 0 Å². The van der Waals surface area contributed by atoms with E-state index in [1.54, 1.807) is 4.68 Å². The lowest BCUT2D eigenvalue weighted by atomic mass is 9.87. The van der Waals surface area contributed by atoms with Gasteiger partial charge < -0.3 is 9.72 Å². The van der Waals surface area contributed by atoms with Crippen LogP contribution in [0.25, 0.3) is 27.7 Å². The highest BCUT2D eigenvalue weighted by atomic mass is 16.5. The number of nitrogens with one attached hydrogen (secondary N) is 1. The SMILES string of the molecule is Cn1cc(-c2c[nH]c3ncc(C4=C[C@H]5O[C@@H]4C[C@@H]5C#N)cc23)cn1. The number of rotatable bonds is 2. The Morgan fingerprint density at radius 1 is 1.38 bits per heavy atom. The van der Waals surface area contributed by atoms with Crippen molar-refractivity contribution in [3.05, 3.63) is 42.5 Å². The maximum atomic E-state index is 9.14. The molecule has 1 N–H and O–H groups in total. The third-order valence-electron chi connectivity index (χ3n) is 4.92. The molecule has 3 atom stereocenters. The van der Waals surface area contributed by atoms with Crippen LogP contribution in [0.2, 0.25) is 0 Å². The Morgan fingerprint density at radius 3 is 3.00 bits per heavy atom. The second kappa shape index (κ2) is 4.79. The Labute approximate surface area is 138 Å². The molecular formula is C18H15N5O. The van der Waals surface area contributed by atoms with E-state index in [2.05, 4.69) is 33.3 Å². The number of pyridine rings is 1. The molecule has 1 fully saturated rings. The summed E-state index contributed by atoms with van der Waals surface area (Å²) in [6.07, 6.45) is 10.5. The van der Waals surface area contributed by atoms with Gasteiger partial charge in [0, 0.05) is 42.2 Å². The molecule has 3 aromatic rings. The summed E-state index contributed by atoms with van der Waals surface area (Å²) in [6.45, 7) is 0. The first-order valence-corrected chi connectivity index (χ1v) is 7.96. The minimum absolute atomic E-state index is 0.0136. The van der Waals surface area contributed by atoms with E-state index in [1.165, 1.54) is 0 Å². The lowest BCUT2D eigenvalue weighted by molar-refractivity contribution is 0.117. The maximum Gasteiger partial charge on any atom is 0.137 e. The minimum Gasteiger partial charge on any atom is -0.365 e. The molecule has 2 bridgehead atoms. The van der Waals surface area contributed by atoms with Crippen molar-refractivity contribution in [2.24, 2.45) is 13.0 Å². The van der Waals surface area contributed by atoms with Gasteiger partial charge in [0.1, 0.15) is 5.65 Å². The summed E-state index contributed by atoms with van der Waals surface area (Å²) in [5.74, 6) is -0.0198. The first-order chi connectivity index (χ1) is 11.7. The van der Waals surface area contributed by atoms with Gasteiger partial charge in [-0.15, -0.1) is 0 Å². The summed E-state index contributed by atoms with van der Waals surface area (Å²) in [5.41, 5.74) is 5.23. The summed E-state index contributed by atoms with van der Waals surface area (Å²) >= 11 is 0. The van der Waals surface area contributed by atoms with E-state index in [0.29, 0.717) is 0 Å². The van der Waals surface area contributed by atoms with Crippen molar-refractivity contribution < 1.29 is 4.74 Å². The molecule has 2 aliphatic rings. The van der Waals surface area contributed by atoms with Gasteiger partial charge in [0.25, 0.3) is 0 Å². The van der Waals surface area contributed by atoms with E-state index in [9.17, 15) is 0 Å². The number of aromatic amines is 1. The number of ether oxygens (including phenoxy) is 1. The highest BCUT2D eigenvalue weighted by Crippen LogP contribution is 2.42. The number of nitrogens with zero attached hydrogens (tertiary/aromatic N) is 4. The minimum atomic E-state index is -0.0743. The van der Waals surface area contributed by atoms with Gasteiger partial charge in [0.2, 0.25) is 0 Å². The standard InChI is InChI=1S/C18H15N5O/c1-23-9-12(7-22-23)15-8-21-18-14(15)2-11(6-20-18)13-4-16-10(5-19)3-17(13)24-16/h2,4,6-10,16-17H,3H2,1H3,(H,20,21)/t10-,16-,17-/m1/s1. The third kappa shape index (κ3) is 1.85. The van der Waals surface area contributed by atoms with Crippen molar-refractivity contribution in [1.82, 2.24) is 19.7 Å². The molecule has 5 heterocycles. The van der Waals surface area contributed by atoms with E-state index in [4.69, 9.17) is 10.00 Å². The van der Waals surface area contributed by atoms with E-state index >= 15 is 0 Å². The second-order valence-corrected chi connectivity index (χ2v) is 6.41. The van der Waals surface area contributed by atoms with Gasteiger partial charge in [-0.1, -0.05) is 0 Å². The van der Waals surface area contributed by atoms with Crippen LogP contribution in [0.4, 0.5) is 0 Å². The fourth-order valence-corrected chi connectivity index (χ4v) is 3.71. The zero-order valence-electron chi connectivity index (χ0n) is 13.1. The average Bonchev–Trinajstić information content (AvgIpc) is 3.35. The van der Waals surface area contributed by atoms with Crippen molar-refractivity contribution in [3.8, 4) is 17.2 Å². The van der Waals surface area contributed by atoms with E-state index in [1.807, 2.05) is 31.8 Å². The van der Waals surface area contributed by atoms with Crippen molar-refractivity contribution in [1.29, 1.82) is 5.26 Å². The molecule has 0 unspecified atom stereocenters. The molecule has 5 rings (SSSR count). The van der Waals surface area contributed by atoms with Crippen molar-refractivity contribution in [3.63, 3.8) is 0 Å². The highest BCUT2D eigenvalue weighted by molar-refractivity contribution is 5.95. The molecule has 24 heavy (non-hydrogen) atoms. The lowest BCUT2D eigenvalue weighted by Crippen LogP contribution is -2.12. The number of H-pyrrole nitrogens is 1. The van der Waals surface area contributed by atoms with Crippen LogP contribution < -0.4 is 0 Å². The van der Waals surface area contributed by atoms with Crippen LogP contribution in [-0.4, -0.2) is 32.0 Å². The van der Waals surface area contributed by atoms with E-state index in [-0.39, 0.29) is 18.1 Å². The molecule has 0 amide bonds. The number of fused-ring (bicyclic) bond motifs is 3. The molecule has 2 aliphatic heterocycles. The fraction of sp³-hybridized carbons (Fsp3) is 0.278. The quantitative estimate of drug-likeness (QED) is 0.788. The number of hydrogen-bond acceptors (Lipinski definition) is 4. The molecule has 0 radical (unpaired) electrons. The number of nitriles is 1. The number of aromatic nitrogens is 4. The van der Waals surface area contributed by atoms with Gasteiger partial charge in [0.05, 0.1) is 30.4 Å². The Kier molecular flexibility index (Phi) is 2.70. The van der Waals surface area contributed by atoms with Crippen LogP contribution in [0.5, 0.6) is 0 Å². The molecule has 0 aromatic carbocycles. The predicted octanol–water partition coefficient (Wildman–Crippen LogP) is 2.66. The van der Waals surface area contributed by atoms with Crippen molar-refractivity contribution >= 4 is 16.6 Å². The topological polar surface area (TPSA) is 79.5 Å². The molecule has 0 spiro atoms. The first kappa shape index (κ1) is 13.5. The zero-order valence-corrected chi connectivity index (χ0v) is 13.1. The summed E-state index contributed by atoms with van der Waals surface area (Å²) in [4.78, 5) is 7.78. The molecule has 6 heteroatoms. The van der Waals surface area contributed by atoms with Crippen molar-refractivity contribution in [2.75, 3.05) is 0 Å². The summed E-state index contributed by atoms with van der Waals surface area (Å²) in [5, 5.41) is 14.5. The average molecular weight is 317 g/mol. The van der Waals surface area contributed by atoms with Gasteiger partial charge in [-0.05, 0) is 29.7 Å². The smallest absolute Gasteiger partial charge is 0.137 e. The maximum absolute atomic E-state index is 9.14. The number of aryl methyl sites for hydroxylation is 1. The van der Waals surface area contributed by atoms with Gasteiger partial charge >= 0.3 is 0 Å². The Morgan fingerprint density at radius 2 is 2.29 bits per heavy atom. The van der Waals surface area contributed by atoms with E-state index < -0.39 is 0 Å². The van der Waals surface area contributed by atoms with Crippen molar-refractivity contribution in [2.45, 2.75) is 18.6 Å². The summed E-state index contributed by atoms with van der Waals surface area (Å²) in [7, 11) is 1.91. The molecule has 118 valence electrons. The number of hydrogen-bond donors (Lipinski definition) is 1. The molecule has 0 aliphatic carbocycles. The van der Waals surface area contributed by atoms with Crippen LogP contribution in [0.3, 0.4) is 0 Å². The highest BCUT2D eigenvalue weighted by Gasteiger charge is 2.42. The monoisotopic (exact) mass is 317 g/mol. The molecule has 3 aromatic heterocycles. The molecule has 0 saturated carbocycles. The fourth-order valence-electron chi connectivity index (χ4n) is 3.71. The van der Waals surface area contributed by atoms with Crippen LogP contribution >= 0.6 is 0 Å². The normalized spacial score (nSPS) is 25.2. The van der Waals surface area contributed by atoms with Crippen LogP contribution in [-0.2, 0) is 11.8 Å². The predicted molar refractivity (Wildman–Crippen MR) is 88.7 cm³/mol. The largest absolute Gasteiger partial charge is 0.365 e. The van der Waals surface area contributed by atoms with Gasteiger partial charge in [-0.25, -0.2) is 4.98 Å². The third-order valence-corrected chi connectivity index (χ3v) is 4.92. The first-order valence-electron chi connectivity index (χ1n) is 7.96. The molecular weight excluding hydrogens is 302 g/mol. The van der Waals surface area contributed by atoms with Crippen LogP contribution in [0, 0.1) is 17.2 Å².